The summed E-state index contributed by atoms with van der Waals surface area (Å²) in [6.45, 7) is 1.81. The monoisotopic (exact) mass is 303 g/mol. The van der Waals surface area contributed by atoms with Crippen molar-refractivity contribution in [3.05, 3.63) is 81.4 Å². The largest absolute Gasteiger partial charge is 0.304 e. The molecule has 1 heterocycles. The molecule has 0 atom stereocenters. The van der Waals surface area contributed by atoms with Gasteiger partial charge in [0.15, 0.2) is 11.6 Å². The lowest BCUT2D eigenvalue weighted by atomic mass is 10.1. The fraction of sp³-hybridized carbons (Fsp3) is 0.118. The Morgan fingerprint density at radius 2 is 1.73 bits per heavy atom. The first-order chi connectivity index (χ1) is 10.5. The van der Waals surface area contributed by atoms with Crippen LogP contribution in [0.15, 0.2) is 47.3 Å². The SMILES string of the molecule is Cc1cc(=O)n(Cc2ccc(F)c(F)c2)c2ccc(F)cc12. The summed E-state index contributed by atoms with van der Waals surface area (Å²) in [5.74, 6) is -2.30. The van der Waals surface area contributed by atoms with Crippen molar-refractivity contribution in [2.75, 3.05) is 0 Å². The molecule has 0 aliphatic heterocycles. The smallest absolute Gasteiger partial charge is 0.251 e. The first-order valence-electron chi connectivity index (χ1n) is 6.69. The minimum absolute atomic E-state index is 0.0818. The van der Waals surface area contributed by atoms with Crippen LogP contribution in [0.1, 0.15) is 11.1 Å². The van der Waals surface area contributed by atoms with Crippen LogP contribution in [0, 0.1) is 24.4 Å². The molecule has 2 nitrogen and oxygen atoms in total. The fourth-order valence-corrected chi connectivity index (χ4v) is 2.50. The van der Waals surface area contributed by atoms with E-state index in [1.165, 1.54) is 34.9 Å². The number of hydrogen-bond donors (Lipinski definition) is 0. The number of nitrogens with zero attached hydrogens (tertiary/aromatic N) is 1. The van der Waals surface area contributed by atoms with E-state index in [2.05, 4.69) is 0 Å². The molecule has 112 valence electrons. The molecule has 1 aromatic heterocycles. The van der Waals surface area contributed by atoms with Crippen molar-refractivity contribution < 1.29 is 13.2 Å². The Morgan fingerprint density at radius 3 is 2.45 bits per heavy atom. The zero-order valence-corrected chi connectivity index (χ0v) is 11.7. The van der Waals surface area contributed by atoms with Crippen LogP contribution in [0.25, 0.3) is 10.9 Å². The number of halogens is 3. The molecule has 0 N–H and O–H groups in total. The van der Waals surface area contributed by atoms with Gasteiger partial charge in [-0.15, -0.1) is 0 Å². The van der Waals surface area contributed by atoms with Crippen LogP contribution in [-0.4, -0.2) is 4.57 Å². The van der Waals surface area contributed by atoms with Gasteiger partial charge in [-0.3, -0.25) is 4.79 Å². The molecule has 22 heavy (non-hydrogen) atoms. The summed E-state index contributed by atoms with van der Waals surface area (Å²) in [6, 6.07) is 9.03. The molecular formula is C17H12F3NO. The van der Waals surface area contributed by atoms with Gasteiger partial charge < -0.3 is 4.57 Å². The van der Waals surface area contributed by atoms with E-state index in [0.717, 1.165) is 12.1 Å². The average molecular weight is 303 g/mol. The second kappa shape index (κ2) is 5.33. The topological polar surface area (TPSA) is 22.0 Å². The molecule has 2 aromatic carbocycles. The Bertz CT molecular complexity index is 931. The van der Waals surface area contributed by atoms with Crippen molar-refractivity contribution >= 4 is 10.9 Å². The van der Waals surface area contributed by atoms with E-state index < -0.39 is 17.5 Å². The van der Waals surface area contributed by atoms with Gasteiger partial charge in [-0.25, -0.2) is 13.2 Å². The molecule has 5 heteroatoms. The van der Waals surface area contributed by atoms with E-state index in [0.29, 0.717) is 22.0 Å². The van der Waals surface area contributed by atoms with Gasteiger partial charge in [-0.05, 0) is 48.4 Å². The Hall–Kier alpha value is -2.56. The van der Waals surface area contributed by atoms with Crippen molar-refractivity contribution in [2.24, 2.45) is 0 Å². The minimum atomic E-state index is -0.965. The van der Waals surface area contributed by atoms with Gasteiger partial charge in [0.2, 0.25) is 0 Å². The predicted octanol–water partition coefficient (Wildman–Crippen LogP) is 3.78. The molecule has 0 aliphatic carbocycles. The van der Waals surface area contributed by atoms with Gasteiger partial charge in [0.25, 0.3) is 5.56 Å². The summed E-state index contributed by atoms with van der Waals surface area (Å²) in [7, 11) is 0. The second-order valence-corrected chi connectivity index (χ2v) is 5.16. The van der Waals surface area contributed by atoms with Crippen LogP contribution in [-0.2, 0) is 6.54 Å². The molecule has 0 bridgehead atoms. The van der Waals surface area contributed by atoms with Crippen LogP contribution in [0.5, 0.6) is 0 Å². The highest BCUT2D eigenvalue weighted by atomic mass is 19.2. The van der Waals surface area contributed by atoms with Gasteiger partial charge >= 0.3 is 0 Å². The molecule has 0 spiro atoms. The third-order valence-corrected chi connectivity index (χ3v) is 3.60. The summed E-state index contributed by atoms with van der Waals surface area (Å²) >= 11 is 0. The van der Waals surface area contributed by atoms with Crippen LogP contribution in [0.4, 0.5) is 13.2 Å². The zero-order valence-electron chi connectivity index (χ0n) is 11.7. The number of aryl methyl sites for hydroxylation is 1. The Morgan fingerprint density at radius 1 is 0.955 bits per heavy atom. The summed E-state index contributed by atoms with van der Waals surface area (Å²) in [5.41, 5.74) is 1.40. The quantitative estimate of drug-likeness (QED) is 0.706. The number of benzene rings is 2. The van der Waals surface area contributed by atoms with E-state index >= 15 is 0 Å². The lowest BCUT2D eigenvalue weighted by Gasteiger charge is -2.12. The number of fused-ring (bicyclic) bond motifs is 1. The van der Waals surface area contributed by atoms with Gasteiger partial charge in [0.05, 0.1) is 12.1 Å². The summed E-state index contributed by atoms with van der Waals surface area (Å²) in [4.78, 5) is 12.2. The maximum absolute atomic E-state index is 13.4. The molecule has 0 radical (unpaired) electrons. The summed E-state index contributed by atoms with van der Waals surface area (Å²) in [5, 5.41) is 0.613. The highest BCUT2D eigenvalue weighted by molar-refractivity contribution is 5.82. The van der Waals surface area contributed by atoms with Crippen LogP contribution >= 0.6 is 0 Å². The van der Waals surface area contributed by atoms with Gasteiger partial charge in [-0.1, -0.05) is 6.07 Å². The molecule has 0 amide bonds. The van der Waals surface area contributed by atoms with Crippen molar-refractivity contribution in [1.82, 2.24) is 4.57 Å². The third kappa shape index (κ3) is 2.50. The Balaban J connectivity index is 2.18. The molecule has 0 fully saturated rings. The van der Waals surface area contributed by atoms with E-state index in [1.54, 1.807) is 6.92 Å². The first-order valence-corrected chi connectivity index (χ1v) is 6.69. The van der Waals surface area contributed by atoms with Crippen LogP contribution in [0.2, 0.25) is 0 Å². The number of rotatable bonds is 2. The van der Waals surface area contributed by atoms with E-state index in [-0.39, 0.29) is 12.1 Å². The van der Waals surface area contributed by atoms with Crippen LogP contribution < -0.4 is 5.56 Å². The van der Waals surface area contributed by atoms with Crippen molar-refractivity contribution in [3.63, 3.8) is 0 Å². The molecule has 0 aliphatic rings. The zero-order chi connectivity index (χ0) is 15.9. The Labute approximate surface area is 124 Å². The fourth-order valence-electron chi connectivity index (χ4n) is 2.50. The van der Waals surface area contributed by atoms with Gasteiger partial charge in [0, 0.05) is 11.5 Å². The Kier molecular flexibility index (Phi) is 3.48. The van der Waals surface area contributed by atoms with Gasteiger partial charge in [-0.2, -0.15) is 0 Å². The van der Waals surface area contributed by atoms with E-state index in [1.807, 2.05) is 0 Å². The summed E-state index contributed by atoms with van der Waals surface area (Å²) < 4.78 is 41.1. The lowest BCUT2D eigenvalue weighted by molar-refractivity contribution is 0.506. The lowest BCUT2D eigenvalue weighted by Crippen LogP contribution is -2.21. The van der Waals surface area contributed by atoms with Crippen molar-refractivity contribution in [2.45, 2.75) is 13.5 Å². The predicted molar refractivity (Wildman–Crippen MR) is 78.4 cm³/mol. The van der Waals surface area contributed by atoms with Crippen molar-refractivity contribution in [1.29, 1.82) is 0 Å². The van der Waals surface area contributed by atoms with E-state index in [4.69, 9.17) is 0 Å². The van der Waals surface area contributed by atoms with Gasteiger partial charge in [0.1, 0.15) is 5.82 Å². The maximum Gasteiger partial charge on any atom is 0.251 e. The molecular weight excluding hydrogens is 291 g/mol. The molecule has 0 unspecified atom stereocenters. The van der Waals surface area contributed by atoms with Crippen molar-refractivity contribution in [3.8, 4) is 0 Å². The molecule has 0 saturated carbocycles. The number of aromatic nitrogens is 1. The normalized spacial score (nSPS) is 11.1. The second-order valence-electron chi connectivity index (χ2n) is 5.16. The standard InChI is InChI=1S/C17H12F3NO/c1-10-6-17(22)21(16-5-3-12(18)8-13(10)16)9-11-2-4-14(19)15(20)7-11/h2-8H,9H2,1H3. The first kappa shape index (κ1) is 14.4. The number of hydrogen-bond acceptors (Lipinski definition) is 1. The van der Waals surface area contributed by atoms with Crippen LogP contribution in [0.3, 0.4) is 0 Å². The molecule has 3 aromatic rings. The highest BCUT2D eigenvalue weighted by Gasteiger charge is 2.09. The third-order valence-electron chi connectivity index (χ3n) is 3.60. The number of pyridine rings is 1. The molecule has 3 rings (SSSR count). The maximum atomic E-state index is 13.4. The average Bonchev–Trinajstić information content (AvgIpc) is 2.47. The minimum Gasteiger partial charge on any atom is -0.304 e. The summed E-state index contributed by atoms with van der Waals surface area (Å²) in [6.07, 6.45) is 0. The molecule has 0 saturated heterocycles. The highest BCUT2D eigenvalue weighted by Crippen LogP contribution is 2.19. The van der Waals surface area contributed by atoms with E-state index in [9.17, 15) is 18.0 Å².